The van der Waals surface area contributed by atoms with Crippen molar-refractivity contribution in [3.05, 3.63) is 98.6 Å². The summed E-state index contributed by atoms with van der Waals surface area (Å²) >= 11 is 18.4. The van der Waals surface area contributed by atoms with Crippen LogP contribution in [0.3, 0.4) is 0 Å². The summed E-state index contributed by atoms with van der Waals surface area (Å²) in [7, 11) is 0. The van der Waals surface area contributed by atoms with Gasteiger partial charge in [-0.05, 0) is 61.0 Å². The Kier molecular flexibility index (Phi) is 6.42. The van der Waals surface area contributed by atoms with Crippen molar-refractivity contribution in [3.8, 4) is 0 Å². The van der Waals surface area contributed by atoms with Crippen LogP contribution in [0.2, 0.25) is 10.0 Å². The van der Waals surface area contributed by atoms with Crippen LogP contribution in [0.25, 0.3) is 0 Å². The fourth-order valence-electron chi connectivity index (χ4n) is 3.19. The highest BCUT2D eigenvalue weighted by Crippen LogP contribution is 2.34. The minimum Gasteiger partial charge on any atom is -0.350 e. The fourth-order valence-corrected chi connectivity index (χ4v) is 3.80. The van der Waals surface area contributed by atoms with E-state index in [1.54, 1.807) is 60.7 Å². The van der Waals surface area contributed by atoms with Crippen molar-refractivity contribution < 1.29 is 14.4 Å². The number of carbonyl (C=O) groups is 3. The van der Waals surface area contributed by atoms with Crippen molar-refractivity contribution in [2.45, 2.75) is 6.92 Å². The van der Waals surface area contributed by atoms with Gasteiger partial charge >= 0.3 is 0 Å². The Balaban J connectivity index is 1.49. The van der Waals surface area contributed by atoms with Gasteiger partial charge in [0, 0.05) is 22.0 Å². The zero-order valence-electron chi connectivity index (χ0n) is 17.2. The van der Waals surface area contributed by atoms with Gasteiger partial charge in [-0.2, -0.15) is 0 Å². The van der Waals surface area contributed by atoms with E-state index in [2.05, 4.69) is 10.6 Å². The molecule has 3 aromatic rings. The normalized spacial score (nSPS) is 13.5. The Morgan fingerprint density at radius 1 is 0.818 bits per heavy atom. The Bertz CT molecular complexity index is 1320. The summed E-state index contributed by atoms with van der Waals surface area (Å²) in [5.74, 6) is -1.63. The first-order valence-corrected chi connectivity index (χ1v) is 10.9. The van der Waals surface area contributed by atoms with Crippen molar-refractivity contribution in [1.82, 2.24) is 0 Å². The maximum absolute atomic E-state index is 12.9. The van der Waals surface area contributed by atoms with Crippen LogP contribution in [0.4, 0.5) is 17.1 Å². The van der Waals surface area contributed by atoms with Crippen LogP contribution >= 0.6 is 34.8 Å². The molecule has 3 amide bonds. The molecule has 1 aliphatic rings. The number of aryl methyl sites for hydroxylation is 1. The van der Waals surface area contributed by atoms with Crippen molar-refractivity contribution in [1.29, 1.82) is 0 Å². The van der Waals surface area contributed by atoms with E-state index in [0.29, 0.717) is 22.0 Å². The number of imide groups is 1. The monoisotopic (exact) mass is 499 g/mol. The van der Waals surface area contributed by atoms with Gasteiger partial charge in [-0.25, -0.2) is 4.90 Å². The average Bonchev–Trinajstić information content (AvgIpc) is 3.00. The second-order valence-electron chi connectivity index (χ2n) is 7.21. The molecule has 166 valence electrons. The molecule has 1 heterocycles. The summed E-state index contributed by atoms with van der Waals surface area (Å²) in [6.45, 7) is 1.87. The second-order valence-corrected chi connectivity index (χ2v) is 8.40. The van der Waals surface area contributed by atoms with Gasteiger partial charge in [-0.3, -0.25) is 14.4 Å². The minimum absolute atomic E-state index is 0.0758. The lowest BCUT2D eigenvalue weighted by molar-refractivity contribution is -0.120. The number of hydrogen-bond acceptors (Lipinski definition) is 4. The van der Waals surface area contributed by atoms with Crippen molar-refractivity contribution in [2.24, 2.45) is 0 Å². The second kappa shape index (κ2) is 9.27. The summed E-state index contributed by atoms with van der Waals surface area (Å²) < 4.78 is 0. The third-order valence-corrected chi connectivity index (χ3v) is 6.04. The van der Waals surface area contributed by atoms with Gasteiger partial charge in [0.25, 0.3) is 17.7 Å². The molecular formula is C24H16Cl3N3O3. The van der Waals surface area contributed by atoms with Crippen LogP contribution in [0.15, 0.2) is 77.5 Å². The van der Waals surface area contributed by atoms with E-state index in [9.17, 15) is 14.4 Å². The van der Waals surface area contributed by atoms with Gasteiger partial charge in [0.2, 0.25) is 0 Å². The number of halogens is 3. The van der Waals surface area contributed by atoms with E-state index in [4.69, 9.17) is 34.8 Å². The third-order valence-electron chi connectivity index (χ3n) is 4.97. The molecule has 0 atom stereocenters. The summed E-state index contributed by atoms with van der Waals surface area (Å²) in [5, 5.41) is 6.19. The molecule has 0 aliphatic carbocycles. The summed E-state index contributed by atoms with van der Waals surface area (Å²) in [5.41, 5.74) is 2.51. The topological polar surface area (TPSA) is 78.5 Å². The molecule has 0 unspecified atom stereocenters. The predicted octanol–water partition coefficient (Wildman–Crippen LogP) is 5.99. The van der Waals surface area contributed by atoms with Crippen molar-refractivity contribution >= 4 is 69.6 Å². The molecular weight excluding hydrogens is 485 g/mol. The van der Waals surface area contributed by atoms with Gasteiger partial charge in [0.1, 0.15) is 10.7 Å². The van der Waals surface area contributed by atoms with Gasteiger partial charge in [0.15, 0.2) is 0 Å². The number of hydrogen-bond donors (Lipinski definition) is 2. The molecule has 33 heavy (non-hydrogen) atoms. The Hall–Kier alpha value is -3.32. The lowest BCUT2D eigenvalue weighted by Gasteiger charge is -2.16. The molecule has 0 saturated carbocycles. The van der Waals surface area contributed by atoms with E-state index in [1.165, 1.54) is 0 Å². The van der Waals surface area contributed by atoms with Gasteiger partial charge in [-0.1, -0.05) is 53.0 Å². The van der Waals surface area contributed by atoms with Crippen molar-refractivity contribution in [2.75, 3.05) is 15.5 Å². The van der Waals surface area contributed by atoms with Crippen molar-refractivity contribution in [3.63, 3.8) is 0 Å². The van der Waals surface area contributed by atoms with E-state index < -0.39 is 11.8 Å². The van der Waals surface area contributed by atoms with Crippen LogP contribution in [0, 0.1) is 6.92 Å². The Morgan fingerprint density at radius 2 is 1.48 bits per heavy atom. The number of para-hydroxylation sites is 1. The molecule has 4 rings (SSSR count). The zero-order chi connectivity index (χ0) is 23.7. The van der Waals surface area contributed by atoms with Crippen LogP contribution in [-0.4, -0.2) is 17.7 Å². The molecule has 1 aliphatic heterocycles. The highest BCUT2D eigenvalue weighted by atomic mass is 35.5. The number of amides is 3. The van der Waals surface area contributed by atoms with Crippen LogP contribution < -0.4 is 15.5 Å². The average molecular weight is 501 g/mol. The van der Waals surface area contributed by atoms with Crippen LogP contribution in [-0.2, 0) is 9.59 Å². The Labute approximate surface area is 204 Å². The number of anilines is 3. The molecule has 0 radical (unpaired) electrons. The molecule has 0 fully saturated rings. The highest BCUT2D eigenvalue weighted by molar-refractivity contribution is 6.53. The summed E-state index contributed by atoms with van der Waals surface area (Å²) in [4.78, 5) is 38.9. The maximum Gasteiger partial charge on any atom is 0.283 e. The van der Waals surface area contributed by atoms with Gasteiger partial charge in [-0.15, -0.1) is 0 Å². The highest BCUT2D eigenvalue weighted by Gasteiger charge is 2.39. The molecule has 6 nitrogen and oxygen atoms in total. The van der Waals surface area contributed by atoms with E-state index in [1.807, 2.05) is 13.0 Å². The van der Waals surface area contributed by atoms with Gasteiger partial charge in [0.05, 0.1) is 10.7 Å². The first-order chi connectivity index (χ1) is 15.8. The predicted molar refractivity (Wildman–Crippen MR) is 131 cm³/mol. The first-order valence-electron chi connectivity index (χ1n) is 9.74. The van der Waals surface area contributed by atoms with E-state index >= 15 is 0 Å². The smallest absolute Gasteiger partial charge is 0.283 e. The molecule has 0 bridgehead atoms. The molecule has 0 saturated heterocycles. The third kappa shape index (κ3) is 4.59. The van der Waals surface area contributed by atoms with Gasteiger partial charge < -0.3 is 10.6 Å². The number of nitrogens with one attached hydrogen (secondary N) is 2. The standard InChI is InChI=1S/C24H16Cl3N3O3/c1-13-6-9-16(12-18(13)26)29-22(31)14-7-10-15(11-8-14)28-21-20(27)23(32)30(24(21)33)19-5-3-2-4-17(19)25/h2-12,28H,1H3,(H,29,31). The summed E-state index contributed by atoms with van der Waals surface area (Å²) in [6, 6.07) is 18.1. The van der Waals surface area contributed by atoms with E-state index in [-0.39, 0.29) is 27.3 Å². The number of carbonyl (C=O) groups excluding carboxylic acids is 3. The molecule has 0 aromatic heterocycles. The van der Waals surface area contributed by atoms with Crippen LogP contribution in [0.1, 0.15) is 15.9 Å². The number of rotatable bonds is 5. The van der Waals surface area contributed by atoms with Crippen LogP contribution in [0.5, 0.6) is 0 Å². The lowest BCUT2D eigenvalue weighted by Crippen LogP contribution is -2.32. The molecule has 9 heteroatoms. The molecule has 3 aromatic carbocycles. The maximum atomic E-state index is 12.9. The quantitative estimate of drug-likeness (QED) is 0.422. The largest absolute Gasteiger partial charge is 0.350 e. The lowest BCUT2D eigenvalue weighted by atomic mass is 10.1. The number of nitrogens with zero attached hydrogens (tertiary/aromatic N) is 1. The fraction of sp³-hybridized carbons (Fsp3) is 0.0417. The first kappa shape index (κ1) is 22.9. The SMILES string of the molecule is Cc1ccc(NC(=O)c2ccc(NC3=C(Cl)C(=O)N(c4ccccc4Cl)C3=O)cc2)cc1Cl. The zero-order valence-corrected chi connectivity index (χ0v) is 19.4. The molecule has 2 N–H and O–H groups in total. The Morgan fingerprint density at radius 3 is 2.15 bits per heavy atom. The minimum atomic E-state index is -0.676. The number of benzene rings is 3. The van der Waals surface area contributed by atoms with E-state index in [0.717, 1.165) is 10.5 Å². The molecule has 0 spiro atoms. The summed E-state index contributed by atoms with van der Waals surface area (Å²) in [6.07, 6.45) is 0.